The van der Waals surface area contributed by atoms with Gasteiger partial charge in [0.2, 0.25) is 0 Å². The molecule has 118 valence electrons. The van der Waals surface area contributed by atoms with Crippen molar-refractivity contribution in [3.63, 3.8) is 0 Å². The third-order valence-electron chi connectivity index (χ3n) is 2.64. The van der Waals surface area contributed by atoms with Gasteiger partial charge in [0.05, 0.1) is 7.11 Å². The molecule has 0 atom stereocenters. The molecule has 0 amide bonds. The third kappa shape index (κ3) is 16.3. The van der Waals surface area contributed by atoms with Gasteiger partial charge in [0.25, 0.3) is 0 Å². The summed E-state index contributed by atoms with van der Waals surface area (Å²) in [6, 6.07) is 0. The summed E-state index contributed by atoms with van der Waals surface area (Å²) in [5.74, 6) is 11.8. The van der Waals surface area contributed by atoms with Crippen LogP contribution in [-0.2, 0) is 9.53 Å². The number of allylic oxidation sites excluding steroid dienone is 5. The standard InChI is InChI=1S/C19H23BrO2/c1-22-19(21)17-15-13-11-9-7-5-3-2-4-6-8-10-12-14-16-18-20/h2-3,8,10,16,18H,4,6,9,11,13,15,17H2,1H3/b3-2+,10-8+,18-16-. The summed E-state index contributed by atoms with van der Waals surface area (Å²) in [7, 11) is 1.42. The summed E-state index contributed by atoms with van der Waals surface area (Å²) >= 11 is 3.15. The van der Waals surface area contributed by atoms with Crippen molar-refractivity contribution in [2.24, 2.45) is 0 Å². The minimum atomic E-state index is -0.131. The molecule has 0 heterocycles. The van der Waals surface area contributed by atoms with Crippen molar-refractivity contribution in [3.05, 3.63) is 35.4 Å². The average Bonchev–Trinajstić information content (AvgIpc) is 2.54. The molecule has 0 fully saturated rings. The van der Waals surface area contributed by atoms with Gasteiger partial charge >= 0.3 is 5.97 Å². The van der Waals surface area contributed by atoms with Crippen LogP contribution in [-0.4, -0.2) is 13.1 Å². The molecule has 0 rings (SSSR count). The molecular weight excluding hydrogens is 340 g/mol. The topological polar surface area (TPSA) is 26.3 Å². The first-order chi connectivity index (χ1) is 10.8. The number of ether oxygens (including phenoxy) is 1. The van der Waals surface area contributed by atoms with E-state index in [1.807, 2.05) is 18.2 Å². The Bertz CT molecular complexity index is 493. The van der Waals surface area contributed by atoms with Crippen LogP contribution >= 0.6 is 15.9 Å². The van der Waals surface area contributed by atoms with Gasteiger partial charge in [-0.1, -0.05) is 58.2 Å². The van der Waals surface area contributed by atoms with Crippen molar-refractivity contribution in [3.8, 4) is 23.7 Å². The van der Waals surface area contributed by atoms with Gasteiger partial charge in [-0.05, 0) is 48.9 Å². The van der Waals surface area contributed by atoms with Crippen LogP contribution in [0.15, 0.2) is 35.4 Å². The minimum Gasteiger partial charge on any atom is -0.469 e. The van der Waals surface area contributed by atoms with Crippen molar-refractivity contribution < 1.29 is 9.53 Å². The molecule has 0 aromatic heterocycles. The van der Waals surface area contributed by atoms with Gasteiger partial charge in [-0.15, -0.1) is 0 Å². The zero-order valence-electron chi connectivity index (χ0n) is 13.1. The number of methoxy groups -OCH3 is 1. The van der Waals surface area contributed by atoms with E-state index in [1.54, 1.807) is 11.1 Å². The molecule has 0 aromatic carbocycles. The van der Waals surface area contributed by atoms with E-state index in [0.29, 0.717) is 6.42 Å². The van der Waals surface area contributed by atoms with Crippen LogP contribution in [0.4, 0.5) is 0 Å². The quantitative estimate of drug-likeness (QED) is 0.348. The van der Waals surface area contributed by atoms with Crippen LogP contribution in [0, 0.1) is 23.7 Å². The summed E-state index contributed by atoms with van der Waals surface area (Å²) in [5, 5.41) is 0. The van der Waals surface area contributed by atoms with E-state index in [0.717, 1.165) is 38.5 Å². The number of hydrogen-bond acceptors (Lipinski definition) is 2. The zero-order chi connectivity index (χ0) is 16.3. The molecule has 0 spiro atoms. The summed E-state index contributed by atoms with van der Waals surface area (Å²) in [4.78, 5) is 12.6. The predicted molar refractivity (Wildman–Crippen MR) is 96.2 cm³/mol. The molecule has 0 aliphatic heterocycles. The fraction of sp³-hybridized carbons (Fsp3) is 0.421. The molecule has 0 radical (unpaired) electrons. The average molecular weight is 363 g/mol. The third-order valence-corrected chi connectivity index (χ3v) is 2.91. The Balaban J connectivity index is 3.51. The summed E-state index contributed by atoms with van der Waals surface area (Å²) in [6.07, 6.45) is 15.9. The normalized spacial score (nSPS) is 10.5. The molecule has 2 nitrogen and oxygen atoms in total. The van der Waals surface area contributed by atoms with Crippen LogP contribution in [0.1, 0.15) is 44.9 Å². The van der Waals surface area contributed by atoms with Crippen molar-refractivity contribution in [1.29, 1.82) is 0 Å². The molecule has 0 unspecified atom stereocenters. The minimum absolute atomic E-state index is 0.131. The summed E-state index contributed by atoms with van der Waals surface area (Å²) in [6.45, 7) is 0. The second-order valence-electron chi connectivity index (χ2n) is 4.42. The Kier molecular flexibility index (Phi) is 16.0. The number of hydrogen-bond donors (Lipinski definition) is 0. The van der Waals surface area contributed by atoms with Gasteiger partial charge in [0.1, 0.15) is 0 Å². The van der Waals surface area contributed by atoms with Crippen molar-refractivity contribution >= 4 is 21.9 Å². The molecule has 0 saturated heterocycles. The lowest BCUT2D eigenvalue weighted by Gasteiger charge is -1.97. The Labute approximate surface area is 142 Å². The highest BCUT2D eigenvalue weighted by atomic mass is 79.9. The second kappa shape index (κ2) is 17.3. The van der Waals surface area contributed by atoms with E-state index < -0.39 is 0 Å². The number of unbranched alkanes of at least 4 members (excludes halogenated alkanes) is 4. The largest absolute Gasteiger partial charge is 0.469 e. The molecule has 0 aliphatic carbocycles. The molecule has 22 heavy (non-hydrogen) atoms. The lowest BCUT2D eigenvalue weighted by molar-refractivity contribution is -0.140. The first kappa shape index (κ1) is 20.3. The fourth-order valence-electron chi connectivity index (χ4n) is 1.50. The molecular formula is C19H23BrO2. The first-order valence-corrected chi connectivity index (χ1v) is 8.34. The van der Waals surface area contributed by atoms with Crippen LogP contribution in [0.3, 0.4) is 0 Å². The number of carbonyl (C=O) groups is 1. The van der Waals surface area contributed by atoms with Crippen molar-refractivity contribution in [2.75, 3.05) is 7.11 Å². The SMILES string of the molecule is COC(=O)CCCCCC#C/C=C/CC/C=C/C#C/C=C\Br. The summed E-state index contributed by atoms with van der Waals surface area (Å²) in [5.41, 5.74) is 0. The maximum atomic E-state index is 10.9. The van der Waals surface area contributed by atoms with Crippen LogP contribution in [0.25, 0.3) is 0 Å². The monoisotopic (exact) mass is 362 g/mol. The Morgan fingerprint density at radius 3 is 2.36 bits per heavy atom. The number of halogens is 1. The Hall–Kier alpha value is -1.71. The highest BCUT2D eigenvalue weighted by Gasteiger charge is 1.97. The van der Waals surface area contributed by atoms with Crippen molar-refractivity contribution in [1.82, 2.24) is 0 Å². The molecule has 3 heteroatoms. The smallest absolute Gasteiger partial charge is 0.305 e. The highest BCUT2D eigenvalue weighted by molar-refractivity contribution is 9.11. The fourth-order valence-corrected chi connectivity index (χ4v) is 1.63. The first-order valence-electron chi connectivity index (χ1n) is 7.42. The zero-order valence-corrected chi connectivity index (χ0v) is 14.7. The second-order valence-corrected chi connectivity index (χ2v) is 4.95. The lowest BCUT2D eigenvalue weighted by atomic mass is 10.1. The van der Waals surface area contributed by atoms with Gasteiger partial charge in [-0.3, -0.25) is 4.79 Å². The van der Waals surface area contributed by atoms with Crippen LogP contribution < -0.4 is 0 Å². The number of carbonyl (C=O) groups excluding carboxylic acids is 1. The van der Waals surface area contributed by atoms with Gasteiger partial charge in [-0.25, -0.2) is 0 Å². The van der Waals surface area contributed by atoms with E-state index in [9.17, 15) is 4.79 Å². The maximum absolute atomic E-state index is 10.9. The maximum Gasteiger partial charge on any atom is 0.305 e. The van der Waals surface area contributed by atoms with E-state index >= 15 is 0 Å². The van der Waals surface area contributed by atoms with Crippen LogP contribution in [0.2, 0.25) is 0 Å². The molecule has 0 N–H and O–H groups in total. The molecule has 0 saturated carbocycles. The van der Waals surface area contributed by atoms with Gasteiger partial charge in [0.15, 0.2) is 0 Å². The van der Waals surface area contributed by atoms with Gasteiger partial charge in [-0.2, -0.15) is 0 Å². The Morgan fingerprint density at radius 1 is 1.00 bits per heavy atom. The Morgan fingerprint density at radius 2 is 1.68 bits per heavy atom. The lowest BCUT2D eigenvalue weighted by Crippen LogP contribution is -1.98. The van der Waals surface area contributed by atoms with E-state index in [1.165, 1.54) is 7.11 Å². The van der Waals surface area contributed by atoms with E-state index in [-0.39, 0.29) is 5.97 Å². The van der Waals surface area contributed by atoms with E-state index in [2.05, 4.69) is 50.4 Å². The number of esters is 1. The van der Waals surface area contributed by atoms with Gasteiger partial charge in [0, 0.05) is 12.8 Å². The predicted octanol–water partition coefficient (Wildman–Crippen LogP) is 4.92. The van der Waals surface area contributed by atoms with Gasteiger partial charge < -0.3 is 4.74 Å². The van der Waals surface area contributed by atoms with Crippen molar-refractivity contribution in [2.45, 2.75) is 44.9 Å². The molecule has 0 aliphatic rings. The number of rotatable bonds is 8. The van der Waals surface area contributed by atoms with E-state index in [4.69, 9.17) is 0 Å². The molecule has 0 aromatic rings. The molecule has 0 bridgehead atoms. The highest BCUT2D eigenvalue weighted by Crippen LogP contribution is 2.03. The summed E-state index contributed by atoms with van der Waals surface area (Å²) < 4.78 is 4.58. The van der Waals surface area contributed by atoms with Crippen LogP contribution in [0.5, 0.6) is 0 Å².